The number of hydrogen-bond acceptors (Lipinski definition) is 4. The van der Waals surface area contributed by atoms with Gasteiger partial charge in [0, 0.05) is 36.8 Å². The SMILES string of the molecule is CC(C)(C)C(=O)CC1(CC(=O)c2ccc3ccccc3c2)C(=O)CCNC1=O. The Morgan fingerprint density at radius 1 is 1.00 bits per heavy atom. The quantitative estimate of drug-likeness (QED) is 0.637. The van der Waals surface area contributed by atoms with Crippen molar-refractivity contribution >= 4 is 34.0 Å². The predicted octanol–water partition coefficient (Wildman–Crippen LogP) is 3.49. The first-order valence-electron chi connectivity index (χ1n) is 9.50. The second-order valence-corrected chi connectivity index (χ2v) is 8.52. The first-order chi connectivity index (χ1) is 13.1. The predicted molar refractivity (Wildman–Crippen MR) is 107 cm³/mol. The molecule has 0 radical (unpaired) electrons. The summed E-state index contributed by atoms with van der Waals surface area (Å²) in [4.78, 5) is 51.3. The molecule has 0 aliphatic carbocycles. The zero-order valence-electron chi connectivity index (χ0n) is 16.5. The minimum Gasteiger partial charge on any atom is -0.355 e. The van der Waals surface area contributed by atoms with Gasteiger partial charge in [-0.25, -0.2) is 0 Å². The van der Waals surface area contributed by atoms with E-state index in [1.165, 1.54) is 0 Å². The van der Waals surface area contributed by atoms with Crippen LogP contribution in [-0.4, -0.2) is 29.8 Å². The molecule has 5 heteroatoms. The molecule has 1 aliphatic rings. The Morgan fingerprint density at radius 2 is 1.68 bits per heavy atom. The lowest BCUT2D eigenvalue weighted by Crippen LogP contribution is -2.54. The smallest absolute Gasteiger partial charge is 0.234 e. The van der Waals surface area contributed by atoms with Gasteiger partial charge in [0.15, 0.2) is 11.6 Å². The molecule has 1 saturated heterocycles. The molecule has 0 spiro atoms. The molecule has 1 amide bonds. The van der Waals surface area contributed by atoms with Crippen LogP contribution in [0, 0.1) is 10.8 Å². The van der Waals surface area contributed by atoms with Crippen molar-refractivity contribution in [2.24, 2.45) is 10.8 Å². The summed E-state index contributed by atoms with van der Waals surface area (Å²) in [5.74, 6) is -1.36. The van der Waals surface area contributed by atoms with E-state index in [0.717, 1.165) is 10.8 Å². The van der Waals surface area contributed by atoms with Gasteiger partial charge in [-0.15, -0.1) is 0 Å². The van der Waals surface area contributed by atoms with Crippen LogP contribution >= 0.6 is 0 Å². The van der Waals surface area contributed by atoms with Gasteiger partial charge < -0.3 is 5.32 Å². The van der Waals surface area contributed by atoms with Crippen LogP contribution < -0.4 is 5.32 Å². The highest BCUT2D eigenvalue weighted by Crippen LogP contribution is 2.37. The maximum atomic E-state index is 13.0. The van der Waals surface area contributed by atoms with Crippen LogP contribution in [-0.2, 0) is 14.4 Å². The summed E-state index contributed by atoms with van der Waals surface area (Å²) >= 11 is 0. The third-order valence-electron chi connectivity index (χ3n) is 5.44. The van der Waals surface area contributed by atoms with Crippen LogP contribution in [0.2, 0.25) is 0 Å². The number of hydrogen-bond donors (Lipinski definition) is 1. The third kappa shape index (κ3) is 3.75. The number of piperidine rings is 1. The molecule has 1 atom stereocenters. The topological polar surface area (TPSA) is 80.3 Å². The number of nitrogens with one attached hydrogen (secondary N) is 1. The Bertz CT molecular complexity index is 952. The molecule has 2 aromatic carbocycles. The molecule has 28 heavy (non-hydrogen) atoms. The molecule has 0 saturated carbocycles. The van der Waals surface area contributed by atoms with Crippen molar-refractivity contribution in [2.45, 2.75) is 40.0 Å². The van der Waals surface area contributed by atoms with E-state index in [-0.39, 0.29) is 43.2 Å². The van der Waals surface area contributed by atoms with Gasteiger partial charge in [-0.2, -0.15) is 0 Å². The zero-order valence-corrected chi connectivity index (χ0v) is 16.5. The Kier molecular flexibility index (Phi) is 5.20. The minimum atomic E-state index is -1.62. The van der Waals surface area contributed by atoms with E-state index in [1.54, 1.807) is 32.9 Å². The molecule has 0 bridgehead atoms. The molecule has 0 aromatic heterocycles. The first kappa shape index (κ1) is 19.9. The van der Waals surface area contributed by atoms with Gasteiger partial charge in [0.05, 0.1) is 0 Å². The molecule has 1 fully saturated rings. The molecule has 146 valence electrons. The van der Waals surface area contributed by atoms with E-state index in [0.29, 0.717) is 5.56 Å². The average molecular weight is 379 g/mol. The summed E-state index contributed by atoms with van der Waals surface area (Å²) in [7, 11) is 0. The van der Waals surface area contributed by atoms with E-state index in [9.17, 15) is 19.2 Å². The van der Waals surface area contributed by atoms with Crippen molar-refractivity contribution in [2.75, 3.05) is 6.54 Å². The van der Waals surface area contributed by atoms with E-state index in [2.05, 4.69) is 5.32 Å². The summed E-state index contributed by atoms with van der Waals surface area (Å²) in [6.07, 6.45) is -0.410. The standard InChI is InChI=1S/C23H25NO4/c1-22(2,3)20(27)14-23(19(26)10-11-24-21(23)28)13-18(25)17-9-8-15-6-4-5-7-16(15)12-17/h4-9,12H,10-11,13-14H2,1-3H3,(H,24,28). The third-order valence-corrected chi connectivity index (χ3v) is 5.44. The van der Waals surface area contributed by atoms with Gasteiger partial charge in [0.2, 0.25) is 5.91 Å². The molecule has 2 aromatic rings. The molecule has 1 unspecified atom stereocenters. The Balaban J connectivity index is 1.96. The van der Waals surface area contributed by atoms with Crippen molar-refractivity contribution < 1.29 is 19.2 Å². The van der Waals surface area contributed by atoms with Crippen LogP contribution in [0.1, 0.15) is 50.4 Å². The van der Waals surface area contributed by atoms with Gasteiger partial charge in [0.25, 0.3) is 0 Å². The second-order valence-electron chi connectivity index (χ2n) is 8.52. The molecular weight excluding hydrogens is 354 g/mol. The van der Waals surface area contributed by atoms with Gasteiger partial charge in [-0.3, -0.25) is 19.2 Å². The Hall–Kier alpha value is -2.82. The lowest BCUT2D eigenvalue weighted by atomic mass is 9.68. The fourth-order valence-electron chi connectivity index (χ4n) is 3.52. The van der Waals surface area contributed by atoms with Gasteiger partial charge in [-0.05, 0) is 16.8 Å². The maximum absolute atomic E-state index is 13.0. The number of amides is 1. The van der Waals surface area contributed by atoms with Crippen molar-refractivity contribution in [3.8, 4) is 0 Å². The van der Waals surface area contributed by atoms with Crippen LogP contribution in [0.25, 0.3) is 10.8 Å². The van der Waals surface area contributed by atoms with E-state index >= 15 is 0 Å². The molecular formula is C23H25NO4. The number of fused-ring (bicyclic) bond motifs is 1. The highest BCUT2D eigenvalue weighted by Gasteiger charge is 2.51. The van der Waals surface area contributed by atoms with Crippen molar-refractivity contribution in [3.63, 3.8) is 0 Å². The lowest BCUT2D eigenvalue weighted by molar-refractivity contribution is -0.150. The van der Waals surface area contributed by atoms with E-state index < -0.39 is 16.7 Å². The summed E-state index contributed by atoms with van der Waals surface area (Å²) in [6, 6.07) is 13.0. The minimum absolute atomic E-state index is 0.133. The van der Waals surface area contributed by atoms with Crippen molar-refractivity contribution in [1.29, 1.82) is 0 Å². The molecule has 3 rings (SSSR count). The number of carbonyl (C=O) groups excluding carboxylic acids is 4. The monoisotopic (exact) mass is 379 g/mol. The largest absolute Gasteiger partial charge is 0.355 e. The molecule has 5 nitrogen and oxygen atoms in total. The fourth-order valence-corrected chi connectivity index (χ4v) is 3.52. The maximum Gasteiger partial charge on any atom is 0.234 e. The number of ketones is 3. The second kappa shape index (κ2) is 7.30. The van der Waals surface area contributed by atoms with Crippen LogP contribution in [0.4, 0.5) is 0 Å². The van der Waals surface area contributed by atoms with Gasteiger partial charge in [0.1, 0.15) is 11.2 Å². The zero-order chi connectivity index (χ0) is 20.5. The van der Waals surface area contributed by atoms with Crippen molar-refractivity contribution in [3.05, 3.63) is 48.0 Å². The van der Waals surface area contributed by atoms with Crippen LogP contribution in [0.5, 0.6) is 0 Å². The summed E-state index contributed by atoms with van der Waals surface area (Å²) in [6.45, 7) is 5.49. The van der Waals surface area contributed by atoms with Crippen LogP contribution in [0.15, 0.2) is 42.5 Å². The van der Waals surface area contributed by atoms with Gasteiger partial charge >= 0.3 is 0 Å². The number of Topliss-reactive ketones (excluding diaryl/α,β-unsaturated/α-hetero) is 3. The summed E-state index contributed by atoms with van der Waals surface area (Å²) < 4.78 is 0. The van der Waals surface area contributed by atoms with E-state index in [4.69, 9.17) is 0 Å². The summed E-state index contributed by atoms with van der Waals surface area (Å²) in [5, 5.41) is 4.60. The fraction of sp³-hybridized carbons (Fsp3) is 0.391. The Labute approximate surface area is 164 Å². The van der Waals surface area contributed by atoms with Crippen LogP contribution in [0.3, 0.4) is 0 Å². The van der Waals surface area contributed by atoms with E-state index in [1.807, 2.05) is 30.3 Å². The molecule has 1 aliphatic heterocycles. The van der Waals surface area contributed by atoms with Crippen molar-refractivity contribution in [1.82, 2.24) is 5.32 Å². The first-order valence-corrected chi connectivity index (χ1v) is 9.50. The average Bonchev–Trinajstić information content (AvgIpc) is 2.64. The molecule has 1 heterocycles. The number of rotatable bonds is 5. The summed E-state index contributed by atoms with van der Waals surface area (Å²) in [5.41, 5.74) is -1.88. The lowest BCUT2D eigenvalue weighted by Gasteiger charge is -2.35. The normalized spacial score (nSPS) is 20.1. The number of carbonyl (C=O) groups is 4. The molecule has 1 N–H and O–H groups in total. The highest BCUT2D eigenvalue weighted by atomic mass is 16.2. The Morgan fingerprint density at radius 3 is 2.32 bits per heavy atom. The highest BCUT2D eigenvalue weighted by molar-refractivity contribution is 6.15. The number of benzene rings is 2. The van der Waals surface area contributed by atoms with Gasteiger partial charge in [-0.1, -0.05) is 57.2 Å².